The predicted molar refractivity (Wildman–Crippen MR) is 121 cm³/mol. The molecule has 0 spiro atoms. The summed E-state index contributed by atoms with van der Waals surface area (Å²) >= 11 is -1.65. The van der Waals surface area contributed by atoms with Crippen LogP contribution < -0.4 is 4.72 Å². The van der Waals surface area contributed by atoms with E-state index in [4.69, 9.17) is 4.74 Å². The number of anilines is 1. The van der Waals surface area contributed by atoms with Crippen molar-refractivity contribution in [2.24, 2.45) is 0 Å². The number of hydrogen-bond donors (Lipinski definition) is 1. The first-order valence-electron chi connectivity index (χ1n) is 10.5. The molecule has 2 aliphatic heterocycles. The molecule has 32 heavy (non-hydrogen) atoms. The second-order valence-electron chi connectivity index (χ2n) is 8.99. The lowest BCUT2D eigenvalue weighted by Crippen LogP contribution is -2.43. The Morgan fingerprint density at radius 3 is 2.28 bits per heavy atom. The highest BCUT2D eigenvalue weighted by atomic mass is 32.2. The second-order valence-corrected chi connectivity index (χ2v) is 10.2. The van der Waals surface area contributed by atoms with Crippen LogP contribution in [0.4, 0.5) is 5.69 Å². The maximum absolute atomic E-state index is 13.3. The molecule has 0 bridgehead atoms. The van der Waals surface area contributed by atoms with E-state index in [-0.39, 0.29) is 33.8 Å². The third kappa shape index (κ3) is 3.99. The van der Waals surface area contributed by atoms with Crippen LogP contribution in [0.1, 0.15) is 65.5 Å². The normalized spacial score (nSPS) is 17.8. The summed E-state index contributed by atoms with van der Waals surface area (Å²) in [6.45, 7) is 7.25. The van der Waals surface area contributed by atoms with Crippen molar-refractivity contribution in [1.82, 2.24) is 4.90 Å². The van der Waals surface area contributed by atoms with Crippen molar-refractivity contribution >= 4 is 28.9 Å². The molecular formula is C24H25N3O4S. The Balaban J connectivity index is 1.65. The van der Waals surface area contributed by atoms with E-state index in [0.717, 1.165) is 5.56 Å². The third-order valence-corrected chi connectivity index (χ3v) is 6.99. The molecular weight excluding hydrogens is 426 g/mol. The summed E-state index contributed by atoms with van der Waals surface area (Å²) in [5.41, 5.74) is 1.70. The molecule has 0 aliphatic carbocycles. The average molecular weight is 452 g/mol. The fourth-order valence-corrected chi connectivity index (χ4v) is 4.94. The number of nitrogens with zero attached hydrogens (tertiary/aromatic N) is 2. The van der Waals surface area contributed by atoms with E-state index in [1.165, 1.54) is 17.0 Å². The van der Waals surface area contributed by atoms with Crippen molar-refractivity contribution in [3.8, 4) is 6.07 Å². The van der Waals surface area contributed by atoms with Gasteiger partial charge < -0.3 is 9.29 Å². The number of nitriles is 1. The van der Waals surface area contributed by atoms with Crippen molar-refractivity contribution in [2.45, 2.75) is 50.0 Å². The second kappa shape index (κ2) is 8.58. The Labute approximate surface area is 190 Å². The van der Waals surface area contributed by atoms with E-state index in [2.05, 4.69) is 25.5 Å². The molecule has 0 aromatic heterocycles. The summed E-state index contributed by atoms with van der Waals surface area (Å²) < 4.78 is 21.2. The zero-order valence-electron chi connectivity index (χ0n) is 18.3. The summed E-state index contributed by atoms with van der Waals surface area (Å²) in [4.78, 5) is 28.2. The number of carbonyl (C=O) groups is 2. The standard InChI is InChI=1S/C24H25N3O4S/c1-24(2,3)16-5-7-18(8-6-16)32(30)26-19-9-4-15(14-25)20-21(19)23(29)27(22(20)28)17-10-12-31-13-11-17/h4-9,17,26H,10-13H2,1-3H3. The van der Waals surface area contributed by atoms with Gasteiger partial charge in [0.1, 0.15) is 11.4 Å². The molecule has 1 saturated heterocycles. The maximum atomic E-state index is 13.3. The first-order valence-corrected chi connectivity index (χ1v) is 11.7. The fraction of sp³-hybridized carbons (Fsp3) is 0.375. The van der Waals surface area contributed by atoms with Crippen LogP contribution in [-0.4, -0.2) is 40.5 Å². The van der Waals surface area contributed by atoms with Crippen molar-refractivity contribution in [3.05, 3.63) is 58.7 Å². The molecule has 1 unspecified atom stereocenters. The van der Waals surface area contributed by atoms with Gasteiger partial charge in [0.15, 0.2) is 4.90 Å². The first-order chi connectivity index (χ1) is 15.2. The van der Waals surface area contributed by atoms with E-state index in [9.17, 15) is 19.4 Å². The number of benzene rings is 2. The maximum Gasteiger partial charge on any atom is 0.264 e. The van der Waals surface area contributed by atoms with E-state index in [1.807, 2.05) is 18.2 Å². The van der Waals surface area contributed by atoms with Crippen LogP contribution in [0.5, 0.6) is 0 Å². The molecule has 2 heterocycles. The summed E-state index contributed by atoms with van der Waals surface area (Å²) in [7, 11) is 0. The zero-order valence-corrected chi connectivity index (χ0v) is 19.1. The van der Waals surface area contributed by atoms with Crippen molar-refractivity contribution in [3.63, 3.8) is 0 Å². The highest BCUT2D eigenvalue weighted by Gasteiger charge is 2.44. The summed E-state index contributed by atoms with van der Waals surface area (Å²) in [5.74, 6) is -0.936. The molecule has 1 N–H and O–H groups in total. The number of hydrogen-bond acceptors (Lipinski definition) is 6. The quantitative estimate of drug-likeness (QED) is 0.560. The molecule has 2 aliphatic rings. The Kier molecular flexibility index (Phi) is 5.99. The lowest BCUT2D eigenvalue weighted by Gasteiger charge is -2.29. The number of rotatable bonds is 4. The summed E-state index contributed by atoms with van der Waals surface area (Å²) in [6.07, 6.45) is 1.12. The van der Waals surface area contributed by atoms with Crippen LogP contribution in [0.25, 0.3) is 0 Å². The molecule has 8 heteroatoms. The topological polar surface area (TPSA) is 105 Å². The number of ether oxygens (including phenoxy) is 1. The van der Waals surface area contributed by atoms with Crippen molar-refractivity contribution in [1.29, 1.82) is 5.26 Å². The largest absolute Gasteiger partial charge is 0.588 e. The fourth-order valence-electron chi connectivity index (χ4n) is 4.07. The monoisotopic (exact) mass is 451 g/mol. The third-order valence-electron chi connectivity index (χ3n) is 5.88. The minimum absolute atomic E-state index is 0.0260. The molecule has 4 rings (SSSR count). The first kappa shape index (κ1) is 22.3. The van der Waals surface area contributed by atoms with Gasteiger partial charge >= 0.3 is 0 Å². The Morgan fingerprint density at radius 2 is 1.69 bits per heavy atom. The van der Waals surface area contributed by atoms with Crippen molar-refractivity contribution < 1.29 is 18.9 Å². The van der Waals surface area contributed by atoms with Gasteiger partial charge in [0.05, 0.1) is 28.4 Å². The average Bonchev–Trinajstić information content (AvgIpc) is 3.05. The Morgan fingerprint density at radius 1 is 1.06 bits per heavy atom. The van der Waals surface area contributed by atoms with Crippen LogP contribution in [0.2, 0.25) is 0 Å². The predicted octanol–water partition coefficient (Wildman–Crippen LogP) is 3.77. The van der Waals surface area contributed by atoms with Crippen LogP contribution >= 0.6 is 0 Å². The van der Waals surface area contributed by atoms with Gasteiger partial charge in [-0.1, -0.05) is 32.9 Å². The Hall–Kier alpha value is -2.86. The van der Waals surface area contributed by atoms with Crippen molar-refractivity contribution in [2.75, 3.05) is 17.9 Å². The highest BCUT2D eigenvalue weighted by molar-refractivity contribution is 7.92. The lowest BCUT2D eigenvalue weighted by atomic mass is 9.87. The zero-order chi connectivity index (χ0) is 23.0. The SMILES string of the molecule is CC(C)(C)c1ccc([S+]([O-])Nc2ccc(C#N)c3c2C(=O)N(C2CCOCC2)C3=O)cc1. The van der Waals surface area contributed by atoms with Crippen LogP contribution in [-0.2, 0) is 21.5 Å². The van der Waals surface area contributed by atoms with Gasteiger partial charge in [-0.2, -0.15) is 5.26 Å². The number of fused-ring (bicyclic) bond motifs is 1. The lowest BCUT2D eigenvalue weighted by molar-refractivity contribution is 0.0295. The minimum Gasteiger partial charge on any atom is -0.588 e. The van der Waals surface area contributed by atoms with E-state index in [0.29, 0.717) is 31.0 Å². The smallest absolute Gasteiger partial charge is 0.264 e. The van der Waals surface area contributed by atoms with Gasteiger partial charge in [0.25, 0.3) is 11.8 Å². The minimum atomic E-state index is -1.65. The molecule has 166 valence electrons. The molecule has 2 aromatic rings. The molecule has 7 nitrogen and oxygen atoms in total. The Bertz CT molecular complexity index is 1100. The molecule has 2 amide bonds. The summed E-state index contributed by atoms with van der Waals surface area (Å²) in [5, 5.41) is 9.51. The molecule has 0 radical (unpaired) electrons. The summed E-state index contributed by atoms with van der Waals surface area (Å²) in [6, 6.07) is 12.2. The van der Waals surface area contributed by atoms with Gasteiger partial charge in [-0.3, -0.25) is 14.5 Å². The molecule has 2 aromatic carbocycles. The molecule has 1 fully saturated rings. The highest BCUT2D eigenvalue weighted by Crippen LogP contribution is 2.36. The number of imide groups is 1. The van der Waals surface area contributed by atoms with Gasteiger partial charge in [0.2, 0.25) is 0 Å². The number of amides is 2. The van der Waals surface area contributed by atoms with E-state index >= 15 is 0 Å². The van der Waals surface area contributed by atoms with Gasteiger partial charge in [-0.15, -0.1) is 0 Å². The van der Waals surface area contributed by atoms with Crippen LogP contribution in [0, 0.1) is 11.3 Å². The van der Waals surface area contributed by atoms with E-state index in [1.54, 1.807) is 12.1 Å². The van der Waals surface area contributed by atoms with Crippen LogP contribution in [0.15, 0.2) is 41.3 Å². The van der Waals surface area contributed by atoms with E-state index < -0.39 is 23.2 Å². The van der Waals surface area contributed by atoms with Gasteiger partial charge in [-0.25, -0.2) is 4.72 Å². The van der Waals surface area contributed by atoms with Gasteiger partial charge in [0, 0.05) is 19.3 Å². The molecule has 0 saturated carbocycles. The van der Waals surface area contributed by atoms with Gasteiger partial charge in [-0.05, 0) is 48.1 Å². The number of nitrogens with one attached hydrogen (secondary N) is 1. The molecule has 1 atom stereocenters. The van der Waals surface area contributed by atoms with Crippen LogP contribution in [0.3, 0.4) is 0 Å². The number of carbonyl (C=O) groups excluding carboxylic acids is 2.